The Labute approximate surface area is 123 Å². The smallest absolute Gasteiger partial charge is 0.194 e. The third-order valence-corrected chi connectivity index (χ3v) is 3.09. The van der Waals surface area contributed by atoms with E-state index in [-0.39, 0.29) is 0 Å². The highest BCUT2D eigenvalue weighted by Crippen LogP contribution is 2.27. The second-order valence-electron chi connectivity index (χ2n) is 4.80. The minimum Gasteiger partial charge on any atom is -0.465 e. The molecule has 0 fully saturated rings. The van der Waals surface area contributed by atoms with Crippen molar-refractivity contribution >= 4 is 10.8 Å². The Bertz CT molecular complexity index is 733. The number of rotatable bonds is 4. The second-order valence-corrected chi connectivity index (χ2v) is 4.80. The van der Waals surface area contributed by atoms with Gasteiger partial charge < -0.3 is 14.6 Å². The van der Waals surface area contributed by atoms with Crippen LogP contribution in [0.25, 0.3) is 10.8 Å². The van der Waals surface area contributed by atoms with Crippen molar-refractivity contribution in [2.75, 3.05) is 0 Å². The number of aliphatic hydroxyl groups excluding tert-OH is 1. The van der Waals surface area contributed by atoms with E-state index in [9.17, 15) is 0 Å². The van der Waals surface area contributed by atoms with Gasteiger partial charge in [-0.1, -0.05) is 30.3 Å². The summed E-state index contributed by atoms with van der Waals surface area (Å²) in [5.41, 5.74) is 0. The molecule has 1 unspecified atom stereocenters. The Balaban J connectivity index is 1.78. The van der Waals surface area contributed by atoms with Crippen LogP contribution < -0.4 is 9.47 Å². The van der Waals surface area contributed by atoms with E-state index in [1.807, 2.05) is 42.5 Å². The summed E-state index contributed by atoms with van der Waals surface area (Å²) in [5.74, 6) is 2.12. The van der Waals surface area contributed by atoms with E-state index in [1.165, 1.54) is 5.39 Å². The summed E-state index contributed by atoms with van der Waals surface area (Å²) in [6, 6.07) is 21.3. The van der Waals surface area contributed by atoms with Crippen LogP contribution >= 0.6 is 0 Å². The summed E-state index contributed by atoms with van der Waals surface area (Å²) in [6.07, 6.45) is -0.822. The molecule has 0 aliphatic rings. The van der Waals surface area contributed by atoms with Crippen molar-refractivity contribution in [2.45, 2.75) is 13.2 Å². The van der Waals surface area contributed by atoms with Crippen molar-refractivity contribution in [3.63, 3.8) is 0 Å². The minimum atomic E-state index is -0.822. The van der Waals surface area contributed by atoms with Gasteiger partial charge in [0.2, 0.25) is 0 Å². The Morgan fingerprint density at radius 3 is 2.10 bits per heavy atom. The molecule has 0 amide bonds. The molecule has 3 heteroatoms. The van der Waals surface area contributed by atoms with Gasteiger partial charge in [-0.2, -0.15) is 0 Å². The van der Waals surface area contributed by atoms with Gasteiger partial charge in [0.15, 0.2) is 6.29 Å². The number of aliphatic hydroxyl groups is 1. The van der Waals surface area contributed by atoms with Crippen LogP contribution in [0.1, 0.15) is 6.92 Å². The summed E-state index contributed by atoms with van der Waals surface area (Å²) < 4.78 is 11.0. The van der Waals surface area contributed by atoms with Crippen molar-refractivity contribution in [3.8, 4) is 17.2 Å². The van der Waals surface area contributed by atoms with Crippen LogP contribution in [-0.4, -0.2) is 11.4 Å². The monoisotopic (exact) mass is 280 g/mol. The maximum absolute atomic E-state index is 9.16. The minimum absolute atomic E-state index is 0.607. The fourth-order valence-corrected chi connectivity index (χ4v) is 2.15. The van der Waals surface area contributed by atoms with Gasteiger partial charge in [0.05, 0.1) is 0 Å². The lowest BCUT2D eigenvalue weighted by Crippen LogP contribution is -2.09. The number of hydrogen-bond donors (Lipinski definition) is 1. The average Bonchev–Trinajstić information content (AvgIpc) is 2.49. The van der Waals surface area contributed by atoms with E-state index in [4.69, 9.17) is 14.6 Å². The summed E-state index contributed by atoms with van der Waals surface area (Å²) >= 11 is 0. The van der Waals surface area contributed by atoms with Gasteiger partial charge in [-0.25, -0.2) is 0 Å². The maximum Gasteiger partial charge on any atom is 0.194 e. The second kappa shape index (κ2) is 5.85. The van der Waals surface area contributed by atoms with Gasteiger partial charge >= 0.3 is 0 Å². The molecule has 0 aliphatic heterocycles. The number of hydrogen-bond acceptors (Lipinski definition) is 3. The van der Waals surface area contributed by atoms with Gasteiger partial charge in [-0.3, -0.25) is 0 Å². The fourth-order valence-electron chi connectivity index (χ4n) is 2.15. The molecule has 3 aromatic carbocycles. The molecule has 0 saturated carbocycles. The molecular weight excluding hydrogens is 264 g/mol. The summed E-state index contributed by atoms with van der Waals surface area (Å²) in [6.45, 7) is 1.57. The van der Waals surface area contributed by atoms with E-state index in [0.29, 0.717) is 5.75 Å². The highest BCUT2D eigenvalue weighted by atomic mass is 16.6. The Kier molecular flexibility index (Phi) is 3.75. The molecule has 0 bridgehead atoms. The SMILES string of the molecule is CC(O)Oc1ccc(Oc2ccc3ccccc3c2)cc1. The van der Waals surface area contributed by atoms with Crippen LogP contribution in [0.3, 0.4) is 0 Å². The number of benzene rings is 3. The van der Waals surface area contributed by atoms with Crippen molar-refractivity contribution < 1.29 is 14.6 Å². The van der Waals surface area contributed by atoms with Crippen molar-refractivity contribution in [1.82, 2.24) is 0 Å². The molecule has 0 aliphatic carbocycles. The Morgan fingerprint density at radius 2 is 1.38 bits per heavy atom. The van der Waals surface area contributed by atoms with Crippen LogP contribution in [0.2, 0.25) is 0 Å². The highest BCUT2D eigenvalue weighted by Gasteiger charge is 2.02. The highest BCUT2D eigenvalue weighted by molar-refractivity contribution is 5.83. The zero-order chi connectivity index (χ0) is 14.7. The summed E-state index contributed by atoms with van der Waals surface area (Å²) in [7, 11) is 0. The predicted molar refractivity (Wildman–Crippen MR) is 82.8 cm³/mol. The lowest BCUT2D eigenvalue weighted by atomic mass is 10.1. The molecule has 3 nitrogen and oxygen atoms in total. The first-order chi connectivity index (χ1) is 10.2. The van der Waals surface area contributed by atoms with Crippen LogP contribution in [0.15, 0.2) is 66.7 Å². The van der Waals surface area contributed by atoms with E-state index < -0.39 is 6.29 Å². The largest absolute Gasteiger partial charge is 0.465 e. The zero-order valence-corrected chi connectivity index (χ0v) is 11.7. The molecule has 3 rings (SSSR count). The predicted octanol–water partition coefficient (Wildman–Crippen LogP) is 4.35. The molecule has 0 aromatic heterocycles. The van der Waals surface area contributed by atoms with Gasteiger partial charge in [-0.15, -0.1) is 0 Å². The molecule has 1 atom stereocenters. The molecule has 106 valence electrons. The number of ether oxygens (including phenoxy) is 2. The molecular formula is C18H16O3. The molecule has 0 saturated heterocycles. The van der Waals surface area contributed by atoms with Crippen LogP contribution in [0.4, 0.5) is 0 Å². The third-order valence-electron chi connectivity index (χ3n) is 3.09. The fraction of sp³-hybridized carbons (Fsp3) is 0.111. The third kappa shape index (κ3) is 3.33. The van der Waals surface area contributed by atoms with Crippen LogP contribution in [0.5, 0.6) is 17.2 Å². The topological polar surface area (TPSA) is 38.7 Å². The first-order valence-electron chi connectivity index (χ1n) is 6.82. The first-order valence-corrected chi connectivity index (χ1v) is 6.82. The Morgan fingerprint density at radius 1 is 0.762 bits per heavy atom. The normalized spacial score (nSPS) is 12.1. The standard InChI is InChI=1S/C18H16O3/c1-13(19)20-16-8-10-17(11-9-16)21-18-7-6-14-4-2-3-5-15(14)12-18/h2-13,19H,1H3. The van der Waals surface area contributed by atoms with Crippen molar-refractivity contribution in [3.05, 3.63) is 66.7 Å². The quantitative estimate of drug-likeness (QED) is 0.722. The Hall–Kier alpha value is -2.52. The molecule has 3 aromatic rings. The van der Waals surface area contributed by atoms with E-state index >= 15 is 0 Å². The van der Waals surface area contributed by atoms with Crippen molar-refractivity contribution in [1.29, 1.82) is 0 Å². The average molecular weight is 280 g/mol. The van der Waals surface area contributed by atoms with E-state index in [0.717, 1.165) is 16.9 Å². The lowest BCUT2D eigenvalue weighted by Gasteiger charge is -2.10. The van der Waals surface area contributed by atoms with Crippen LogP contribution in [0, 0.1) is 0 Å². The zero-order valence-electron chi connectivity index (χ0n) is 11.7. The molecule has 0 heterocycles. The van der Waals surface area contributed by atoms with E-state index in [1.54, 1.807) is 19.1 Å². The number of fused-ring (bicyclic) bond motifs is 1. The summed E-state index contributed by atoms with van der Waals surface area (Å²) in [4.78, 5) is 0. The summed E-state index contributed by atoms with van der Waals surface area (Å²) in [5, 5.41) is 11.5. The van der Waals surface area contributed by atoms with Gasteiger partial charge in [0.25, 0.3) is 0 Å². The van der Waals surface area contributed by atoms with Gasteiger partial charge in [0, 0.05) is 0 Å². The van der Waals surface area contributed by atoms with Crippen LogP contribution in [-0.2, 0) is 0 Å². The lowest BCUT2D eigenvalue weighted by molar-refractivity contribution is -0.000322. The molecule has 1 N–H and O–H groups in total. The van der Waals surface area contributed by atoms with Gasteiger partial charge in [0.1, 0.15) is 17.2 Å². The van der Waals surface area contributed by atoms with Crippen molar-refractivity contribution in [2.24, 2.45) is 0 Å². The maximum atomic E-state index is 9.16. The molecule has 0 radical (unpaired) electrons. The first kappa shape index (κ1) is 13.5. The van der Waals surface area contributed by atoms with Gasteiger partial charge in [-0.05, 0) is 54.1 Å². The molecule has 21 heavy (non-hydrogen) atoms. The molecule has 0 spiro atoms. The van der Waals surface area contributed by atoms with E-state index in [2.05, 4.69) is 12.1 Å².